The Bertz CT molecular complexity index is 592. The van der Waals surface area contributed by atoms with Gasteiger partial charge in [-0.15, -0.1) is 11.8 Å². The quantitative estimate of drug-likeness (QED) is 0.803. The first-order chi connectivity index (χ1) is 9.56. The van der Waals surface area contributed by atoms with Crippen LogP contribution in [0.3, 0.4) is 0 Å². The Balaban J connectivity index is 1.94. The maximum Gasteiger partial charge on any atom is 0.136 e. The Morgan fingerprint density at radius 2 is 1.85 bits per heavy atom. The minimum atomic E-state index is -0.264. The molecule has 20 heavy (non-hydrogen) atoms. The van der Waals surface area contributed by atoms with E-state index >= 15 is 0 Å². The Hall–Kier alpha value is -0.910. The molecule has 2 N–H and O–H groups in total. The van der Waals surface area contributed by atoms with Gasteiger partial charge in [-0.05, 0) is 42.3 Å². The van der Waals surface area contributed by atoms with E-state index in [4.69, 9.17) is 5.73 Å². The van der Waals surface area contributed by atoms with Gasteiger partial charge in [-0.2, -0.15) is 0 Å². The van der Waals surface area contributed by atoms with Crippen molar-refractivity contribution in [1.29, 1.82) is 0 Å². The normalized spacial score (nSPS) is 12.4. The van der Waals surface area contributed by atoms with Crippen molar-refractivity contribution in [3.63, 3.8) is 0 Å². The van der Waals surface area contributed by atoms with Crippen LogP contribution >= 0.6 is 27.7 Å². The van der Waals surface area contributed by atoms with Crippen molar-refractivity contribution in [3.8, 4) is 0 Å². The Labute approximate surface area is 129 Å². The van der Waals surface area contributed by atoms with Crippen molar-refractivity contribution in [1.82, 2.24) is 0 Å². The molecule has 0 radical (unpaired) electrons. The molecule has 0 aliphatic rings. The summed E-state index contributed by atoms with van der Waals surface area (Å²) in [4.78, 5) is 0.567. The van der Waals surface area contributed by atoms with Crippen molar-refractivity contribution >= 4 is 27.7 Å². The molecular formula is C15H14BrF2NS. The number of thioether (sulfide) groups is 1. The van der Waals surface area contributed by atoms with Gasteiger partial charge in [0, 0.05) is 21.2 Å². The summed E-state index contributed by atoms with van der Waals surface area (Å²) in [5, 5.41) is 0. The van der Waals surface area contributed by atoms with E-state index in [0.29, 0.717) is 22.6 Å². The molecule has 0 amide bonds. The first kappa shape index (κ1) is 15.5. The van der Waals surface area contributed by atoms with E-state index in [1.807, 2.05) is 0 Å². The van der Waals surface area contributed by atoms with E-state index in [1.54, 1.807) is 30.3 Å². The SMILES string of the molecule is NC(CSc1ccccc1F)Cc1cc(Br)ccc1F. The lowest BCUT2D eigenvalue weighted by Crippen LogP contribution is -2.26. The Morgan fingerprint density at radius 3 is 2.60 bits per heavy atom. The highest BCUT2D eigenvalue weighted by Gasteiger charge is 2.11. The summed E-state index contributed by atoms with van der Waals surface area (Å²) in [6.45, 7) is 0. The van der Waals surface area contributed by atoms with Crippen LogP contribution in [0.25, 0.3) is 0 Å². The van der Waals surface area contributed by atoms with Crippen LogP contribution in [0.15, 0.2) is 51.8 Å². The molecule has 0 aliphatic carbocycles. The molecule has 1 unspecified atom stereocenters. The minimum absolute atomic E-state index is 0.233. The largest absolute Gasteiger partial charge is 0.327 e. The fourth-order valence-corrected chi connectivity index (χ4v) is 3.10. The van der Waals surface area contributed by atoms with Crippen molar-refractivity contribution in [3.05, 3.63) is 64.1 Å². The lowest BCUT2D eigenvalue weighted by Gasteiger charge is -2.12. The monoisotopic (exact) mass is 357 g/mol. The van der Waals surface area contributed by atoms with Crippen molar-refractivity contribution < 1.29 is 8.78 Å². The van der Waals surface area contributed by atoms with Crippen molar-refractivity contribution in [2.24, 2.45) is 5.73 Å². The number of halogens is 3. The molecule has 2 aromatic rings. The van der Waals surface area contributed by atoms with Gasteiger partial charge in [-0.1, -0.05) is 28.1 Å². The molecule has 0 saturated carbocycles. The van der Waals surface area contributed by atoms with E-state index in [-0.39, 0.29) is 17.7 Å². The zero-order valence-corrected chi connectivity index (χ0v) is 13.1. The number of hydrogen-bond donors (Lipinski definition) is 1. The molecule has 1 nitrogen and oxygen atoms in total. The minimum Gasteiger partial charge on any atom is -0.327 e. The summed E-state index contributed by atoms with van der Waals surface area (Å²) in [5.41, 5.74) is 6.57. The molecule has 0 fully saturated rings. The van der Waals surface area contributed by atoms with Gasteiger partial charge >= 0.3 is 0 Å². The third kappa shape index (κ3) is 4.30. The van der Waals surface area contributed by atoms with E-state index in [9.17, 15) is 8.78 Å². The van der Waals surface area contributed by atoms with Crippen molar-refractivity contribution in [2.75, 3.05) is 5.75 Å². The third-order valence-electron chi connectivity index (χ3n) is 2.78. The molecule has 0 heterocycles. The van der Waals surface area contributed by atoms with Crippen LogP contribution in [0.2, 0.25) is 0 Å². The summed E-state index contributed by atoms with van der Waals surface area (Å²) in [6.07, 6.45) is 0.423. The lowest BCUT2D eigenvalue weighted by atomic mass is 10.1. The second-order valence-corrected chi connectivity index (χ2v) is 6.42. The highest BCUT2D eigenvalue weighted by Crippen LogP contribution is 2.23. The van der Waals surface area contributed by atoms with Crippen LogP contribution in [0.1, 0.15) is 5.56 Å². The predicted molar refractivity (Wildman–Crippen MR) is 82.9 cm³/mol. The molecule has 0 saturated heterocycles. The average molecular weight is 358 g/mol. The standard InChI is InChI=1S/C15H14BrF2NS/c16-11-5-6-13(17)10(7-11)8-12(19)9-20-15-4-2-1-3-14(15)18/h1-7,12H,8-9,19H2. The van der Waals surface area contributed by atoms with Crippen LogP contribution in [0, 0.1) is 11.6 Å². The van der Waals surface area contributed by atoms with Gasteiger partial charge in [0.2, 0.25) is 0 Å². The van der Waals surface area contributed by atoms with E-state index in [1.165, 1.54) is 23.9 Å². The molecule has 0 bridgehead atoms. The van der Waals surface area contributed by atoms with Gasteiger partial charge < -0.3 is 5.73 Å². The predicted octanol–water partition coefficient (Wildman–Crippen LogP) is 4.39. The molecule has 2 aromatic carbocycles. The maximum absolute atomic E-state index is 13.6. The number of rotatable bonds is 5. The zero-order valence-electron chi connectivity index (χ0n) is 10.7. The van der Waals surface area contributed by atoms with E-state index in [0.717, 1.165) is 4.47 Å². The van der Waals surface area contributed by atoms with Gasteiger partial charge in [0.1, 0.15) is 11.6 Å². The lowest BCUT2D eigenvalue weighted by molar-refractivity contribution is 0.595. The first-order valence-electron chi connectivity index (χ1n) is 6.13. The average Bonchev–Trinajstić information content (AvgIpc) is 2.42. The summed E-state index contributed by atoms with van der Waals surface area (Å²) in [5.74, 6) is 0.0188. The molecule has 106 valence electrons. The number of nitrogens with two attached hydrogens (primary N) is 1. The highest BCUT2D eigenvalue weighted by molar-refractivity contribution is 9.10. The van der Waals surface area contributed by atoms with Gasteiger partial charge in [-0.3, -0.25) is 0 Å². The summed E-state index contributed by atoms with van der Waals surface area (Å²) >= 11 is 4.66. The smallest absolute Gasteiger partial charge is 0.136 e. The molecule has 0 spiro atoms. The van der Waals surface area contributed by atoms with Crippen molar-refractivity contribution in [2.45, 2.75) is 17.4 Å². The Morgan fingerprint density at radius 1 is 1.10 bits per heavy atom. The summed E-state index contributed by atoms with van der Waals surface area (Å²) < 4.78 is 27.9. The van der Waals surface area contributed by atoms with Crippen LogP contribution in [0.4, 0.5) is 8.78 Å². The molecule has 1 atom stereocenters. The number of benzene rings is 2. The van der Waals surface area contributed by atoms with Gasteiger partial charge in [0.15, 0.2) is 0 Å². The summed E-state index contributed by atoms with van der Waals surface area (Å²) in [7, 11) is 0. The molecule has 2 rings (SSSR count). The third-order valence-corrected chi connectivity index (χ3v) is 4.51. The first-order valence-corrected chi connectivity index (χ1v) is 7.91. The van der Waals surface area contributed by atoms with E-state index < -0.39 is 0 Å². The molecule has 0 aromatic heterocycles. The zero-order chi connectivity index (χ0) is 14.5. The molecular weight excluding hydrogens is 344 g/mol. The van der Waals surface area contributed by atoms with Gasteiger partial charge in [0.25, 0.3) is 0 Å². The second kappa shape index (κ2) is 7.20. The fourth-order valence-electron chi connectivity index (χ4n) is 1.80. The fraction of sp³-hybridized carbons (Fsp3) is 0.200. The topological polar surface area (TPSA) is 26.0 Å². The second-order valence-electron chi connectivity index (χ2n) is 4.44. The maximum atomic E-state index is 13.6. The van der Waals surface area contributed by atoms with Crippen LogP contribution < -0.4 is 5.73 Å². The number of hydrogen-bond acceptors (Lipinski definition) is 2. The highest BCUT2D eigenvalue weighted by atomic mass is 79.9. The summed E-state index contributed by atoms with van der Waals surface area (Å²) in [6, 6.07) is 11.1. The van der Waals surface area contributed by atoms with Gasteiger partial charge in [0.05, 0.1) is 0 Å². The van der Waals surface area contributed by atoms with Crippen LogP contribution in [-0.4, -0.2) is 11.8 Å². The van der Waals surface area contributed by atoms with Crippen LogP contribution in [0.5, 0.6) is 0 Å². The van der Waals surface area contributed by atoms with E-state index in [2.05, 4.69) is 15.9 Å². The van der Waals surface area contributed by atoms with Gasteiger partial charge in [-0.25, -0.2) is 8.78 Å². The molecule has 0 aliphatic heterocycles. The molecule has 5 heteroatoms. The van der Waals surface area contributed by atoms with Crippen LogP contribution in [-0.2, 0) is 6.42 Å². The Kier molecular flexibility index (Phi) is 5.57.